The van der Waals surface area contributed by atoms with Crippen molar-refractivity contribution in [3.8, 4) is 0 Å². The average molecular weight is 250 g/mol. The van der Waals surface area contributed by atoms with Gasteiger partial charge < -0.3 is 5.32 Å². The van der Waals surface area contributed by atoms with E-state index in [0.717, 1.165) is 17.8 Å². The maximum Gasteiger partial charge on any atom is 0.224 e. The molecular weight excluding hydrogens is 232 g/mol. The number of thioether (sulfide) groups is 1. The Morgan fingerprint density at radius 1 is 1.59 bits per heavy atom. The van der Waals surface area contributed by atoms with Gasteiger partial charge >= 0.3 is 0 Å². The van der Waals surface area contributed by atoms with Gasteiger partial charge in [0.15, 0.2) is 0 Å². The van der Waals surface area contributed by atoms with Gasteiger partial charge in [0, 0.05) is 18.4 Å². The van der Waals surface area contributed by atoms with Crippen molar-refractivity contribution in [2.75, 3.05) is 18.1 Å². The average Bonchev–Trinajstić information content (AvgIpc) is 2.83. The number of nitrogens with one attached hydrogen (secondary N) is 1. The maximum absolute atomic E-state index is 11.7. The van der Waals surface area contributed by atoms with Crippen LogP contribution in [0.25, 0.3) is 0 Å². The van der Waals surface area contributed by atoms with Gasteiger partial charge in [-0.15, -0.1) is 0 Å². The Morgan fingerprint density at radius 3 is 3.12 bits per heavy atom. The number of carbonyl (C=O) groups excluding carboxylic acids is 1. The standard InChI is InChI=1S/C13H18N2OS/c1-10-2-3-11(7-14-10)6-13(16)15-8-12-4-5-17-9-12/h2-3,7,12H,4-6,8-9H2,1H3,(H,15,16). The summed E-state index contributed by atoms with van der Waals surface area (Å²) in [6.07, 6.45) is 3.45. The van der Waals surface area contributed by atoms with E-state index in [9.17, 15) is 4.79 Å². The summed E-state index contributed by atoms with van der Waals surface area (Å²) in [5, 5.41) is 3.01. The number of aryl methyl sites for hydroxylation is 1. The van der Waals surface area contributed by atoms with E-state index in [1.807, 2.05) is 30.8 Å². The molecule has 3 nitrogen and oxygen atoms in total. The van der Waals surface area contributed by atoms with Gasteiger partial charge in [0.05, 0.1) is 6.42 Å². The highest BCUT2D eigenvalue weighted by Gasteiger charge is 2.16. The quantitative estimate of drug-likeness (QED) is 0.886. The Hall–Kier alpha value is -1.03. The largest absolute Gasteiger partial charge is 0.356 e. The molecule has 0 aliphatic carbocycles. The zero-order chi connectivity index (χ0) is 12.1. The first-order valence-corrected chi connectivity index (χ1v) is 7.15. The van der Waals surface area contributed by atoms with Gasteiger partial charge in [0.25, 0.3) is 0 Å². The molecule has 1 fully saturated rings. The van der Waals surface area contributed by atoms with Crippen molar-refractivity contribution < 1.29 is 4.79 Å². The maximum atomic E-state index is 11.7. The molecule has 1 aliphatic heterocycles. The molecule has 1 atom stereocenters. The number of hydrogen-bond donors (Lipinski definition) is 1. The summed E-state index contributed by atoms with van der Waals surface area (Å²) in [6, 6.07) is 3.91. The predicted octanol–water partition coefficient (Wildman–Crippen LogP) is 1.80. The smallest absolute Gasteiger partial charge is 0.224 e. The SMILES string of the molecule is Cc1ccc(CC(=O)NCC2CCSC2)cn1. The molecule has 0 saturated carbocycles. The number of aromatic nitrogens is 1. The molecule has 1 aliphatic rings. The molecule has 1 amide bonds. The van der Waals surface area contributed by atoms with Gasteiger partial charge in [-0.3, -0.25) is 9.78 Å². The Kier molecular flexibility index (Phi) is 4.42. The molecular formula is C13H18N2OS. The van der Waals surface area contributed by atoms with Crippen molar-refractivity contribution in [2.24, 2.45) is 5.92 Å². The molecule has 2 heterocycles. The minimum Gasteiger partial charge on any atom is -0.356 e. The summed E-state index contributed by atoms with van der Waals surface area (Å²) in [6.45, 7) is 2.77. The Morgan fingerprint density at radius 2 is 2.47 bits per heavy atom. The van der Waals surface area contributed by atoms with Crippen molar-refractivity contribution in [3.63, 3.8) is 0 Å². The molecule has 17 heavy (non-hydrogen) atoms. The Labute approximate surface area is 106 Å². The van der Waals surface area contributed by atoms with Gasteiger partial charge in [-0.2, -0.15) is 11.8 Å². The third kappa shape index (κ3) is 4.04. The van der Waals surface area contributed by atoms with Crippen LogP contribution in [0.15, 0.2) is 18.3 Å². The van der Waals surface area contributed by atoms with Crippen molar-refractivity contribution in [3.05, 3.63) is 29.6 Å². The monoisotopic (exact) mass is 250 g/mol. The van der Waals surface area contributed by atoms with E-state index in [0.29, 0.717) is 12.3 Å². The summed E-state index contributed by atoms with van der Waals surface area (Å²) in [7, 11) is 0. The number of pyridine rings is 1. The van der Waals surface area contributed by atoms with Crippen molar-refractivity contribution in [1.82, 2.24) is 10.3 Å². The van der Waals surface area contributed by atoms with Crippen LogP contribution in [0.4, 0.5) is 0 Å². The minimum absolute atomic E-state index is 0.104. The van der Waals surface area contributed by atoms with E-state index in [1.54, 1.807) is 6.20 Å². The lowest BCUT2D eigenvalue weighted by Crippen LogP contribution is -2.30. The molecule has 1 unspecified atom stereocenters. The van der Waals surface area contributed by atoms with Crippen LogP contribution < -0.4 is 5.32 Å². The number of nitrogens with zero attached hydrogens (tertiary/aromatic N) is 1. The van der Waals surface area contributed by atoms with Crippen LogP contribution in [0.3, 0.4) is 0 Å². The van der Waals surface area contributed by atoms with Crippen molar-refractivity contribution in [2.45, 2.75) is 19.8 Å². The second kappa shape index (κ2) is 6.05. The molecule has 0 bridgehead atoms. The lowest BCUT2D eigenvalue weighted by atomic mass is 10.1. The van der Waals surface area contributed by atoms with E-state index < -0.39 is 0 Å². The first-order chi connectivity index (χ1) is 8.24. The highest BCUT2D eigenvalue weighted by atomic mass is 32.2. The predicted molar refractivity (Wildman–Crippen MR) is 71.1 cm³/mol. The second-order valence-electron chi connectivity index (χ2n) is 4.52. The van der Waals surface area contributed by atoms with Gasteiger partial charge in [0.2, 0.25) is 5.91 Å². The third-order valence-corrected chi connectivity index (χ3v) is 4.18. The van der Waals surface area contributed by atoms with Crippen LogP contribution in [-0.2, 0) is 11.2 Å². The second-order valence-corrected chi connectivity index (χ2v) is 5.67. The zero-order valence-corrected chi connectivity index (χ0v) is 10.9. The lowest BCUT2D eigenvalue weighted by molar-refractivity contribution is -0.120. The molecule has 2 rings (SSSR count). The van der Waals surface area contributed by atoms with Gasteiger partial charge in [-0.25, -0.2) is 0 Å². The van der Waals surface area contributed by atoms with Crippen LogP contribution in [0.2, 0.25) is 0 Å². The molecule has 0 aromatic carbocycles. The Bertz CT molecular complexity index is 372. The zero-order valence-electron chi connectivity index (χ0n) is 10.1. The van der Waals surface area contributed by atoms with E-state index in [4.69, 9.17) is 0 Å². The third-order valence-electron chi connectivity index (χ3n) is 2.95. The fourth-order valence-corrected chi connectivity index (χ4v) is 3.14. The van der Waals surface area contributed by atoms with E-state index in [2.05, 4.69) is 10.3 Å². The van der Waals surface area contributed by atoms with Gasteiger partial charge in [-0.05, 0) is 42.4 Å². The minimum atomic E-state index is 0.104. The fourth-order valence-electron chi connectivity index (χ4n) is 1.85. The molecule has 1 aromatic heterocycles. The topological polar surface area (TPSA) is 42.0 Å². The van der Waals surface area contributed by atoms with Crippen LogP contribution in [0.5, 0.6) is 0 Å². The first-order valence-electron chi connectivity index (χ1n) is 6.00. The number of amides is 1. The fraction of sp³-hybridized carbons (Fsp3) is 0.538. The summed E-state index contributed by atoms with van der Waals surface area (Å²) >= 11 is 1.98. The molecule has 1 N–H and O–H groups in total. The molecule has 92 valence electrons. The number of carbonyl (C=O) groups is 1. The number of hydrogen-bond acceptors (Lipinski definition) is 3. The van der Waals surface area contributed by atoms with Crippen LogP contribution in [-0.4, -0.2) is 28.9 Å². The highest BCUT2D eigenvalue weighted by molar-refractivity contribution is 7.99. The first kappa shape index (κ1) is 12.4. The highest BCUT2D eigenvalue weighted by Crippen LogP contribution is 2.22. The summed E-state index contributed by atoms with van der Waals surface area (Å²) in [5.41, 5.74) is 1.96. The summed E-state index contributed by atoms with van der Waals surface area (Å²) < 4.78 is 0. The summed E-state index contributed by atoms with van der Waals surface area (Å²) in [4.78, 5) is 15.9. The molecule has 0 radical (unpaired) electrons. The van der Waals surface area contributed by atoms with Crippen molar-refractivity contribution >= 4 is 17.7 Å². The van der Waals surface area contributed by atoms with Crippen LogP contribution in [0.1, 0.15) is 17.7 Å². The summed E-state index contributed by atoms with van der Waals surface area (Å²) in [5.74, 6) is 3.20. The van der Waals surface area contributed by atoms with Gasteiger partial charge in [-0.1, -0.05) is 6.07 Å². The Balaban J connectivity index is 1.74. The van der Waals surface area contributed by atoms with E-state index in [-0.39, 0.29) is 5.91 Å². The molecule has 4 heteroatoms. The number of rotatable bonds is 4. The van der Waals surface area contributed by atoms with Crippen LogP contribution >= 0.6 is 11.8 Å². The lowest BCUT2D eigenvalue weighted by Gasteiger charge is -2.09. The van der Waals surface area contributed by atoms with Crippen molar-refractivity contribution in [1.29, 1.82) is 0 Å². The molecule has 1 aromatic rings. The normalized spacial score (nSPS) is 19.2. The van der Waals surface area contributed by atoms with E-state index in [1.165, 1.54) is 17.9 Å². The van der Waals surface area contributed by atoms with Gasteiger partial charge in [0.1, 0.15) is 0 Å². The molecule has 0 spiro atoms. The molecule has 1 saturated heterocycles. The van der Waals surface area contributed by atoms with Crippen LogP contribution in [0, 0.1) is 12.8 Å². The van der Waals surface area contributed by atoms with E-state index >= 15 is 0 Å².